The number of likely N-dealkylation sites (tertiary alicyclic amines) is 1. The number of hydrogen-bond acceptors (Lipinski definition) is 7. The zero-order valence-electron chi connectivity index (χ0n) is 15.4. The Balaban J connectivity index is 1.76. The quantitative estimate of drug-likeness (QED) is 0.573. The summed E-state index contributed by atoms with van der Waals surface area (Å²) in [5, 5.41) is 0. The highest BCUT2D eigenvalue weighted by molar-refractivity contribution is 7.99. The van der Waals surface area contributed by atoms with E-state index in [9.17, 15) is 0 Å². The van der Waals surface area contributed by atoms with Crippen molar-refractivity contribution in [1.29, 1.82) is 0 Å². The molecule has 2 heterocycles. The van der Waals surface area contributed by atoms with Gasteiger partial charge < -0.3 is 0 Å². The van der Waals surface area contributed by atoms with Crippen LogP contribution in [-0.2, 0) is 5.54 Å². The highest BCUT2D eigenvalue weighted by atomic mass is 32.2. The Morgan fingerprint density at radius 3 is 2.96 bits per heavy atom. The van der Waals surface area contributed by atoms with Gasteiger partial charge in [0.1, 0.15) is 5.54 Å². The zero-order valence-corrected chi connectivity index (χ0v) is 17.0. The number of thioether (sulfide) groups is 1. The Hall–Kier alpha value is -1.31. The maximum Gasteiger partial charge on any atom is 0.113 e. The van der Waals surface area contributed by atoms with Crippen LogP contribution in [0.25, 0.3) is 0 Å². The molecule has 5 nitrogen and oxygen atoms in total. The molecule has 3 rings (SSSR count). The molecular weight excluding hydrogens is 362 g/mol. The molecule has 1 saturated carbocycles. The molecule has 1 aromatic rings. The largest absolute Gasteiger partial charge is 0.287 e. The minimum Gasteiger partial charge on any atom is -0.287 e. The van der Waals surface area contributed by atoms with Crippen molar-refractivity contribution in [3.63, 3.8) is 0 Å². The second-order valence-corrected chi connectivity index (χ2v) is 9.02. The first-order valence-corrected chi connectivity index (χ1v) is 11.1. The SMILES string of the molecule is C=N/C=C\C(=N/CN1CC(CSCC)C(N=C)(c2cncs2)C1)C1CC1. The molecule has 2 atom stereocenters. The predicted octanol–water partition coefficient (Wildman–Crippen LogP) is 3.75. The summed E-state index contributed by atoms with van der Waals surface area (Å²) in [6.45, 7) is 12.2. The minimum atomic E-state index is -0.253. The van der Waals surface area contributed by atoms with Crippen LogP contribution in [0.15, 0.2) is 39.0 Å². The van der Waals surface area contributed by atoms with E-state index in [0.29, 0.717) is 18.5 Å². The summed E-state index contributed by atoms with van der Waals surface area (Å²) in [6.07, 6.45) is 8.18. The van der Waals surface area contributed by atoms with E-state index in [-0.39, 0.29) is 5.54 Å². The fourth-order valence-corrected chi connectivity index (χ4v) is 5.29. The van der Waals surface area contributed by atoms with Gasteiger partial charge in [-0.3, -0.25) is 24.9 Å². The van der Waals surface area contributed by atoms with Gasteiger partial charge in [-0.15, -0.1) is 11.3 Å². The molecule has 1 aromatic heterocycles. The van der Waals surface area contributed by atoms with Crippen molar-refractivity contribution in [3.8, 4) is 0 Å². The molecule has 0 aromatic carbocycles. The molecule has 0 amide bonds. The van der Waals surface area contributed by atoms with E-state index in [1.54, 1.807) is 17.5 Å². The van der Waals surface area contributed by atoms with Crippen LogP contribution in [0.5, 0.6) is 0 Å². The van der Waals surface area contributed by atoms with Gasteiger partial charge in [-0.1, -0.05) is 6.92 Å². The molecule has 1 aliphatic heterocycles. The van der Waals surface area contributed by atoms with E-state index in [0.717, 1.165) is 30.3 Å². The van der Waals surface area contributed by atoms with Gasteiger partial charge in [-0.25, -0.2) is 0 Å². The summed E-state index contributed by atoms with van der Waals surface area (Å²) >= 11 is 3.66. The van der Waals surface area contributed by atoms with E-state index in [1.165, 1.54) is 17.7 Å². The highest BCUT2D eigenvalue weighted by Gasteiger charge is 2.48. The predicted molar refractivity (Wildman–Crippen MR) is 115 cm³/mol. The smallest absolute Gasteiger partial charge is 0.113 e. The van der Waals surface area contributed by atoms with Gasteiger partial charge in [-0.2, -0.15) is 11.8 Å². The van der Waals surface area contributed by atoms with Crippen LogP contribution < -0.4 is 0 Å². The summed E-state index contributed by atoms with van der Waals surface area (Å²) in [6, 6.07) is 0. The Labute approximate surface area is 164 Å². The first kappa shape index (κ1) is 19.5. The van der Waals surface area contributed by atoms with Crippen molar-refractivity contribution < 1.29 is 0 Å². The topological polar surface area (TPSA) is 53.2 Å². The van der Waals surface area contributed by atoms with Crippen LogP contribution >= 0.6 is 23.1 Å². The fourth-order valence-electron chi connectivity index (χ4n) is 3.53. The number of nitrogens with zero attached hydrogens (tertiary/aromatic N) is 5. The fraction of sp³-hybridized carbons (Fsp3) is 0.579. The zero-order chi connectivity index (χ0) is 18.4. The number of aliphatic imine (C=N–C) groups is 3. The van der Waals surface area contributed by atoms with E-state index in [4.69, 9.17) is 4.99 Å². The Bertz CT molecular complexity index is 665. The lowest BCUT2D eigenvalue weighted by atomic mass is 9.88. The molecule has 1 aliphatic carbocycles. The monoisotopic (exact) mass is 389 g/mol. The molecule has 7 heteroatoms. The van der Waals surface area contributed by atoms with Crippen molar-refractivity contribution >= 4 is 42.2 Å². The van der Waals surface area contributed by atoms with Gasteiger partial charge in [0, 0.05) is 48.8 Å². The molecule has 2 fully saturated rings. The molecule has 2 unspecified atom stereocenters. The Morgan fingerprint density at radius 1 is 1.50 bits per heavy atom. The second-order valence-electron chi connectivity index (χ2n) is 6.81. The standard InChI is InChI=1S/C19H27N5S2/c1-4-25-11-16-10-24(12-19(16,21-3)18-9-22-14-26-18)13-23-17(7-8-20-2)15-5-6-15/h7-9,14-16H,2-6,10-13H2,1H3/b8-7-,23-17+. The average Bonchev–Trinajstić information content (AvgIpc) is 3.21. The molecule has 0 N–H and O–H groups in total. The number of aromatic nitrogens is 1. The Kier molecular flexibility index (Phi) is 6.78. The van der Waals surface area contributed by atoms with Gasteiger partial charge in [0.05, 0.1) is 17.1 Å². The molecule has 26 heavy (non-hydrogen) atoms. The van der Waals surface area contributed by atoms with Crippen molar-refractivity contribution in [2.45, 2.75) is 25.3 Å². The molecule has 0 spiro atoms. The maximum absolute atomic E-state index is 4.89. The summed E-state index contributed by atoms with van der Waals surface area (Å²) in [7, 11) is 0. The summed E-state index contributed by atoms with van der Waals surface area (Å²) in [5.74, 6) is 3.25. The third-order valence-electron chi connectivity index (χ3n) is 5.08. The minimum absolute atomic E-state index is 0.253. The van der Waals surface area contributed by atoms with Crippen LogP contribution in [0.1, 0.15) is 24.6 Å². The molecule has 140 valence electrons. The van der Waals surface area contributed by atoms with Gasteiger partial charge in [0.25, 0.3) is 0 Å². The van der Waals surface area contributed by atoms with E-state index >= 15 is 0 Å². The normalized spacial score (nSPS) is 27.3. The van der Waals surface area contributed by atoms with Crippen molar-refractivity contribution in [2.24, 2.45) is 26.8 Å². The van der Waals surface area contributed by atoms with E-state index in [2.05, 4.69) is 40.2 Å². The molecule has 1 saturated heterocycles. The van der Waals surface area contributed by atoms with Crippen LogP contribution in [0.2, 0.25) is 0 Å². The van der Waals surface area contributed by atoms with Crippen LogP contribution in [0, 0.1) is 11.8 Å². The van der Waals surface area contributed by atoms with Gasteiger partial charge in [0.15, 0.2) is 0 Å². The highest BCUT2D eigenvalue weighted by Crippen LogP contribution is 2.43. The van der Waals surface area contributed by atoms with Crippen molar-refractivity contribution in [3.05, 3.63) is 28.9 Å². The molecule has 0 radical (unpaired) electrons. The number of thiazole rings is 1. The first-order valence-electron chi connectivity index (χ1n) is 9.07. The third-order valence-corrected chi connectivity index (χ3v) is 7.07. The summed E-state index contributed by atoms with van der Waals surface area (Å²) in [5.41, 5.74) is 2.79. The number of allylic oxidation sites excluding steroid dienone is 1. The van der Waals surface area contributed by atoms with Crippen molar-refractivity contribution in [1.82, 2.24) is 9.88 Å². The van der Waals surface area contributed by atoms with Crippen molar-refractivity contribution in [2.75, 3.05) is 31.3 Å². The first-order chi connectivity index (χ1) is 12.7. The number of hydrogen-bond donors (Lipinski definition) is 0. The van der Waals surface area contributed by atoms with Crippen LogP contribution in [0.4, 0.5) is 0 Å². The van der Waals surface area contributed by atoms with E-state index < -0.39 is 0 Å². The lowest BCUT2D eigenvalue weighted by Crippen LogP contribution is -2.33. The van der Waals surface area contributed by atoms with Gasteiger partial charge >= 0.3 is 0 Å². The van der Waals surface area contributed by atoms with Crippen LogP contribution in [0.3, 0.4) is 0 Å². The molecule has 0 bridgehead atoms. The summed E-state index contributed by atoms with van der Waals surface area (Å²) in [4.78, 5) is 21.3. The van der Waals surface area contributed by atoms with Gasteiger partial charge in [-0.05, 0) is 38.1 Å². The van der Waals surface area contributed by atoms with E-state index in [1.807, 2.05) is 29.5 Å². The summed E-state index contributed by atoms with van der Waals surface area (Å²) < 4.78 is 0. The maximum atomic E-state index is 4.89. The van der Waals surface area contributed by atoms with Crippen LogP contribution in [-0.4, -0.2) is 60.3 Å². The lowest BCUT2D eigenvalue weighted by Gasteiger charge is -2.29. The van der Waals surface area contributed by atoms with Gasteiger partial charge in [0.2, 0.25) is 0 Å². The number of rotatable bonds is 10. The Morgan fingerprint density at radius 2 is 2.35 bits per heavy atom. The second kappa shape index (κ2) is 9.06. The molecule has 2 aliphatic rings. The third kappa shape index (κ3) is 4.32. The molecular formula is C19H27N5S2. The average molecular weight is 390 g/mol. The lowest BCUT2D eigenvalue weighted by molar-refractivity contribution is 0.325.